The van der Waals surface area contributed by atoms with E-state index in [2.05, 4.69) is 35.4 Å². The first-order valence-corrected chi connectivity index (χ1v) is 9.16. The molecule has 0 radical (unpaired) electrons. The monoisotopic (exact) mass is 332 g/mol. The van der Waals surface area contributed by atoms with Gasteiger partial charge in [-0.1, -0.05) is 25.5 Å². The quantitative estimate of drug-likeness (QED) is 0.595. The standard InChI is InChI=1S/C19H32N4O/c1-4-20-19(21-14-16-9-8-11-18(13-16)24-3)22-15-17-10-6-7-12-23(17)5-2/h8-9,11,13,17H,4-7,10,12,14-15H2,1-3H3,(H2,20,21,22). The molecule has 0 spiro atoms. The second kappa shape index (κ2) is 10.2. The summed E-state index contributed by atoms with van der Waals surface area (Å²) >= 11 is 0. The molecule has 5 heteroatoms. The van der Waals surface area contributed by atoms with Crippen LogP contribution in [0, 0.1) is 0 Å². The van der Waals surface area contributed by atoms with E-state index in [4.69, 9.17) is 9.73 Å². The molecule has 2 rings (SSSR count). The second-order valence-corrected chi connectivity index (χ2v) is 6.21. The van der Waals surface area contributed by atoms with Gasteiger partial charge in [-0.2, -0.15) is 0 Å². The lowest BCUT2D eigenvalue weighted by molar-refractivity contribution is 0.157. The molecular formula is C19H32N4O. The summed E-state index contributed by atoms with van der Waals surface area (Å²) in [5.41, 5.74) is 1.15. The van der Waals surface area contributed by atoms with Crippen molar-refractivity contribution < 1.29 is 4.74 Å². The highest BCUT2D eigenvalue weighted by Crippen LogP contribution is 2.16. The molecule has 1 aromatic rings. The van der Waals surface area contributed by atoms with E-state index in [0.717, 1.165) is 36.9 Å². The van der Waals surface area contributed by atoms with E-state index in [1.54, 1.807) is 7.11 Å². The molecule has 2 N–H and O–H groups in total. The lowest BCUT2D eigenvalue weighted by atomic mass is 10.0. The highest BCUT2D eigenvalue weighted by molar-refractivity contribution is 5.79. The predicted molar refractivity (Wildman–Crippen MR) is 101 cm³/mol. The fourth-order valence-corrected chi connectivity index (χ4v) is 3.20. The zero-order valence-electron chi connectivity index (χ0n) is 15.3. The molecule has 0 bridgehead atoms. The molecule has 0 amide bonds. The van der Waals surface area contributed by atoms with Crippen molar-refractivity contribution in [2.24, 2.45) is 4.99 Å². The molecule has 1 aliphatic heterocycles. The minimum Gasteiger partial charge on any atom is -0.497 e. The van der Waals surface area contributed by atoms with Crippen LogP contribution in [-0.4, -0.2) is 50.2 Å². The zero-order valence-corrected chi connectivity index (χ0v) is 15.3. The summed E-state index contributed by atoms with van der Waals surface area (Å²) in [7, 11) is 1.69. The molecule has 0 aliphatic carbocycles. The highest BCUT2D eigenvalue weighted by atomic mass is 16.5. The van der Waals surface area contributed by atoms with Crippen LogP contribution in [0.2, 0.25) is 0 Å². The molecule has 1 heterocycles. The SMILES string of the molecule is CCNC(=NCc1cccc(OC)c1)NCC1CCCCN1CC. The average Bonchev–Trinajstić information content (AvgIpc) is 2.64. The van der Waals surface area contributed by atoms with Crippen LogP contribution in [0.5, 0.6) is 5.75 Å². The van der Waals surface area contributed by atoms with Gasteiger partial charge in [0.05, 0.1) is 13.7 Å². The van der Waals surface area contributed by atoms with Gasteiger partial charge in [0, 0.05) is 19.1 Å². The fourth-order valence-electron chi connectivity index (χ4n) is 3.20. The Balaban J connectivity index is 1.92. The maximum absolute atomic E-state index is 5.27. The number of guanidine groups is 1. The van der Waals surface area contributed by atoms with Crippen LogP contribution >= 0.6 is 0 Å². The summed E-state index contributed by atoms with van der Waals surface area (Å²) in [5, 5.41) is 6.86. The minimum absolute atomic E-state index is 0.615. The number of aliphatic imine (C=N–C) groups is 1. The van der Waals surface area contributed by atoms with Crippen molar-refractivity contribution in [3.8, 4) is 5.75 Å². The molecular weight excluding hydrogens is 300 g/mol. The number of methoxy groups -OCH3 is 1. The van der Waals surface area contributed by atoms with Gasteiger partial charge in [0.25, 0.3) is 0 Å². The Morgan fingerprint density at radius 3 is 2.92 bits per heavy atom. The number of nitrogens with one attached hydrogen (secondary N) is 2. The lowest BCUT2D eigenvalue weighted by Crippen LogP contribution is -2.49. The van der Waals surface area contributed by atoms with Crippen LogP contribution in [-0.2, 0) is 6.54 Å². The summed E-state index contributed by atoms with van der Waals surface area (Å²) in [6.07, 6.45) is 3.94. The Morgan fingerprint density at radius 2 is 2.17 bits per heavy atom. The van der Waals surface area contributed by atoms with Gasteiger partial charge in [-0.3, -0.25) is 4.90 Å². The third kappa shape index (κ3) is 5.71. The van der Waals surface area contributed by atoms with Gasteiger partial charge >= 0.3 is 0 Å². The smallest absolute Gasteiger partial charge is 0.191 e. The Morgan fingerprint density at radius 1 is 1.29 bits per heavy atom. The minimum atomic E-state index is 0.615. The number of likely N-dealkylation sites (N-methyl/N-ethyl adjacent to an activating group) is 1. The van der Waals surface area contributed by atoms with E-state index in [0.29, 0.717) is 12.6 Å². The van der Waals surface area contributed by atoms with Gasteiger partial charge in [-0.05, 0) is 50.6 Å². The summed E-state index contributed by atoms with van der Waals surface area (Å²) < 4.78 is 5.27. The first-order valence-electron chi connectivity index (χ1n) is 9.16. The molecule has 0 saturated carbocycles. The lowest BCUT2D eigenvalue weighted by Gasteiger charge is -2.35. The number of benzene rings is 1. The highest BCUT2D eigenvalue weighted by Gasteiger charge is 2.20. The molecule has 134 valence electrons. The fraction of sp³-hybridized carbons (Fsp3) is 0.632. The van der Waals surface area contributed by atoms with Crippen LogP contribution in [0.15, 0.2) is 29.3 Å². The molecule has 1 aromatic carbocycles. The van der Waals surface area contributed by atoms with Gasteiger partial charge in [0.1, 0.15) is 5.75 Å². The van der Waals surface area contributed by atoms with Gasteiger partial charge < -0.3 is 15.4 Å². The largest absolute Gasteiger partial charge is 0.497 e. The Kier molecular flexibility index (Phi) is 7.89. The van der Waals surface area contributed by atoms with Crippen LogP contribution in [0.3, 0.4) is 0 Å². The van der Waals surface area contributed by atoms with E-state index in [-0.39, 0.29) is 0 Å². The number of piperidine rings is 1. The van der Waals surface area contributed by atoms with E-state index in [1.165, 1.54) is 25.8 Å². The van der Waals surface area contributed by atoms with E-state index >= 15 is 0 Å². The van der Waals surface area contributed by atoms with Crippen molar-refractivity contribution in [1.29, 1.82) is 0 Å². The predicted octanol–water partition coefficient (Wildman–Crippen LogP) is 2.62. The summed E-state index contributed by atoms with van der Waals surface area (Å²) in [4.78, 5) is 7.29. The van der Waals surface area contributed by atoms with Gasteiger partial charge in [-0.15, -0.1) is 0 Å². The van der Waals surface area contributed by atoms with Crippen LogP contribution in [0.25, 0.3) is 0 Å². The first-order chi connectivity index (χ1) is 11.8. The first kappa shape index (κ1) is 18.6. The van der Waals surface area contributed by atoms with Crippen molar-refractivity contribution >= 4 is 5.96 Å². The third-order valence-corrected chi connectivity index (χ3v) is 4.56. The third-order valence-electron chi connectivity index (χ3n) is 4.56. The van der Waals surface area contributed by atoms with Crippen molar-refractivity contribution in [3.05, 3.63) is 29.8 Å². The molecule has 24 heavy (non-hydrogen) atoms. The van der Waals surface area contributed by atoms with E-state index < -0.39 is 0 Å². The van der Waals surface area contributed by atoms with E-state index in [9.17, 15) is 0 Å². The summed E-state index contributed by atoms with van der Waals surface area (Å²) in [5.74, 6) is 1.77. The number of nitrogens with zero attached hydrogens (tertiary/aromatic N) is 2. The number of rotatable bonds is 7. The molecule has 1 unspecified atom stereocenters. The Bertz CT molecular complexity index is 518. The zero-order chi connectivity index (χ0) is 17.2. The average molecular weight is 332 g/mol. The van der Waals surface area contributed by atoms with Crippen molar-refractivity contribution in [3.63, 3.8) is 0 Å². The topological polar surface area (TPSA) is 48.9 Å². The summed E-state index contributed by atoms with van der Waals surface area (Å²) in [6, 6.07) is 8.69. The number of ether oxygens (including phenoxy) is 1. The van der Waals surface area contributed by atoms with Crippen molar-refractivity contribution in [1.82, 2.24) is 15.5 Å². The Hall–Kier alpha value is -1.75. The van der Waals surface area contributed by atoms with Gasteiger partial charge in [0.2, 0.25) is 0 Å². The molecule has 1 fully saturated rings. The molecule has 1 saturated heterocycles. The molecule has 5 nitrogen and oxygen atoms in total. The van der Waals surface area contributed by atoms with Crippen LogP contribution < -0.4 is 15.4 Å². The Labute approximate surface area is 146 Å². The van der Waals surface area contributed by atoms with Crippen LogP contribution in [0.4, 0.5) is 0 Å². The van der Waals surface area contributed by atoms with Gasteiger partial charge in [-0.25, -0.2) is 4.99 Å². The number of hydrogen-bond acceptors (Lipinski definition) is 3. The second-order valence-electron chi connectivity index (χ2n) is 6.21. The maximum atomic E-state index is 5.27. The number of likely N-dealkylation sites (tertiary alicyclic amines) is 1. The number of hydrogen-bond donors (Lipinski definition) is 2. The van der Waals surface area contributed by atoms with E-state index in [1.807, 2.05) is 18.2 Å². The molecule has 1 aliphatic rings. The van der Waals surface area contributed by atoms with Crippen molar-refractivity contribution in [2.45, 2.75) is 45.7 Å². The van der Waals surface area contributed by atoms with Crippen molar-refractivity contribution in [2.75, 3.05) is 33.3 Å². The normalized spacial score (nSPS) is 19.1. The maximum Gasteiger partial charge on any atom is 0.191 e. The summed E-state index contributed by atoms with van der Waals surface area (Å²) in [6.45, 7) is 9.17. The molecule has 0 aromatic heterocycles. The van der Waals surface area contributed by atoms with Gasteiger partial charge in [0.15, 0.2) is 5.96 Å². The molecule has 1 atom stereocenters. The van der Waals surface area contributed by atoms with Crippen LogP contribution in [0.1, 0.15) is 38.7 Å².